The van der Waals surface area contributed by atoms with Gasteiger partial charge in [0.25, 0.3) is 0 Å². The molecule has 2 fully saturated rings. The molecule has 0 spiro atoms. The molecule has 12 heteroatoms. The Kier molecular flexibility index (Phi) is 12.9. The van der Waals surface area contributed by atoms with Gasteiger partial charge in [0, 0.05) is 36.6 Å². The molecule has 0 radical (unpaired) electrons. The fourth-order valence-corrected chi connectivity index (χ4v) is 11.5. The van der Waals surface area contributed by atoms with Gasteiger partial charge in [-0.25, -0.2) is 18.1 Å². The van der Waals surface area contributed by atoms with E-state index < -0.39 is 16.6 Å². The number of fused-ring (bicyclic) bond motifs is 4. The van der Waals surface area contributed by atoms with Crippen LogP contribution >= 0.6 is 0 Å². The minimum absolute atomic E-state index is 0.0776. The maximum Gasteiger partial charge on any atom is 0.192 e. The zero-order valence-electron chi connectivity index (χ0n) is 38.7. The van der Waals surface area contributed by atoms with E-state index in [1.54, 1.807) is 24.3 Å². The van der Waals surface area contributed by atoms with Crippen molar-refractivity contribution >= 4 is 35.1 Å². The molecule has 4 atom stereocenters. The zero-order valence-corrected chi connectivity index (χ0v) is 40.7. The Labute approximate surface area is 370 Å². The predicted molar refractivity (Wildman–Crippen MR) is 249 cm³/mol. The van der Waals surface area contributed by atoms with Crippen molar-refractivity contribution in [1.29, 1.82) is 0 Å². The monoisotopic (exact) mass is 882 g/mol. The van der Waals surface area contributed by atoms with Crippen molar-refractivity contribution in [2.75, 3.05) is 19.8 Å². The normalized spacial score (nSPS) is 23.8. The first-order valence-corrected chi connectivity index (χ1v) is 28.3. The van der Waals surface area contributed by atoms with Crippen LogP contribution in [0.15, 0.2) is 72.1 Å². The first-order chi connectivity index (χ1) is 29.1. The largest absolute Gasteiger partial charge is 0.416 e. The third-order valence-corrected chi connectivity index (χ3v) is 24.3. The number of benzene rings is 2. The maximum atomic E-state index is 13.4. The van der Waals surface area contributed by atoms with Crippen LogP contribution in [0.1, 0.15) is 103 Å². The number of rotatable bonds is 10. The fourth-order valence-electron chi connectivity index (χ4n) is 9.32. The summed E-state index contributed by atoms with van der Waals surface area (Å²) in [6, 6.07) is 12.9. The summed E-state index contributed by atoms with van der Waals surface area (Å²) >= 11 is 0. The Morgan fingerprint density at radius 2 is 1.13 bits per heavy atom. The van der Waals surface area contributed by atoms with E-state index in [2.05, 4.69) is 90.1 Å². The number of aliphatic hydroxyl groups is 1. The molecule has 8 nitrogen and oxygen atoms in total. The molecule has 8 rings (SSSR count). The van der Waals surface area contributed by atoms with Gasteiger partial charge in [-0.15, -0.1) is 0 Å². The number of aldehydes is 1. The number of hydrogen-bond acceptors (Lipinski definition) is 6. The second-order valence-corrected chi connectivity index (χ2v) is 31.3. The molecule has 334 valence electrons. The Morgan fingerprint density at radius 3 is 1.53 bits per heavy atom. The van der Waals surface area contributed by atoms with Crippen LogP contribution in [0.2, 0.25) is 36.3 Å². The van der Waals surface area contributed by atoms with Crippen molar-refractivity contribution in [1.82, 2.24) is 19.6 Å². The lowest BCUT2D eigenvalue weighted by atomic mass is 9.62. The number of aromatic nitrogens is 4. The lowest BCUT2D eigenvalue weighted by molar-refractivity contribution is -0.112. The highest BCUT2D eigenvalue weighted by Crippen LogP contribution is 2.53. The molecule has 4 aromatic rings. The molecule has 0 amide bonds. The SMILES string of the molecule is CC(C)(C)[Si](C)(C)OC[C@]12Cc3cnn(-c4ccc(F)cc4)c3C=C1CC[C@H](C=O)C2.CC(C)(C)[Si](C)(C)OC[C@]12Cc3cnn(-c4ccc(F)cc4)c3C=C1CC[C@H](CO)C2. The molecule has 2 aromatic heterocycles. The van der Waals surface area contributed by atoms with E-state index in [0.29, 0.717) is 19.1 Å². The summed E-state index contributed by atoms with van der Waals surface area (Å²) in [6.45, 7) is 24.4. The number of nitrogens with zero attached hydrogens (tertiary/aromatic N) is 4. The summed E-state index contributed by atoms with van der Waals surface area (Å²) < 4.78 is 44.1. The van der Waals surface area contributed by atoms with Crippen molar-refractivity contribution < 1.29 is 27.5 Å². The molecule has 2 aromatic carbocycles. The van der Waals surface area contributed by atoms with Crippen LogP contribution in [-0.2, 0) is 26.5 Å². The summed E-state index contributed by atoms with van der Waals surface area (Å²) in [7, 11) is -3.81. The van der Waals surface area contributed by atoms with Crippen LogP contribution in [0, 0.1) is 34.3 Å². The summed E-state index contributed by atoms with van der Waals surface area (Å²) in [5, 5.41) is 19.5. The molecule has 62 heavy (non-hydrogen) atoms. The standard InChI is InChI=1S/C25H35FN2O2Si.C25H33FN2O2Si/c2*1-24(2,3)31(4,5)30-17-25-13-18(16-29)6-7-20(25)12-23-19(14-25)15-27-28(23)22-10-8-21(26)9-11-22/h8-12,15,18,29H,6-7,13-14,16-17H2,1-5H3;8-12,15-16,18H,6-7,13-14,17H2,1-5H3/t2*18-,25-/m00/s1. The van der Waals surface area contributed by atoms with E-state index in [1.807, 2.05) is 21.8 Å². The van der Waals surface area contributed by atoms with Gasteiger partial charge in [-0.2, -0.15) is 10.2 Å². The van der Waals surface area contributed by atoms with Crippen molar-refractivity contribution in [3.8, 4) is 11.4 Å². The predicted octanol–water partition coefficient (Wildman–Crippen LogP) is 11.7. The number of carbonyl (C=O) groups excluding carboxylic acids is 1. The number of halogens is 2. The van der Waals surface area contributed by atoms with Crippen LogP contribution < -0.4 is 0 Å². The molecule has 0 bridgehead atoms. The van der Waals surface area contributed by atoms with Gasteiger partial charge in [0.15, 0.2) is 16.6 Å². The molecule has 1 N–H and O–H groups in total. The second-order valence-electron chi connectivity index (χ2n) is 21.7. The van der Waals surface area contributed by atoms with Crippen LogP contribution in [0.3, 0.4) is 0 Å². The zero-order chi connectivity index (χ0) is 44.9. The molecular weight excluding hydrogens is 815 g/mol. The van der Waals surface area contributed by atoms with Gasteiger partial charge in [0.05, 0.1) is 35.2 Å². The van der Waals surface area contributed by atoms with Crippen molar-refractivity contribution in [3.63, 3.8) is 0 Å². The van der Waals surface area contributed by atoms with Gasteiger partial charge in [-0.3, -0.25) is 0 Å². The van der Waals surface area contributed by atoms with Crippen molar-refractivity contribution in [2.24, 2.45) is 22.7 Å². The molecule has 4 aliphatic carbocycles. The Balaban J connectivity index is 0.000000186. The third kappa shape index (κ3) is 9.23. The molecular formula is C50H68F2N4O4Si2. The van der Waals surface area contributed by atoms with Gasteiger partial charge in [0.2, 0.25) is 0 Å². The average Bonchev–Trinajstić information content (AvgIpc) is 3.83. The number of aliphatic hydroxyl groups excluding tert-OH is 1. The highest BCUT2D eigenvalue weighted by atomic mass is 28.4. The summed E-state index contributed by atoms with van der Waals surface area (Å²) in [5.74, 6) is -0.105. The topological polar surface area (TPSA) is 91.4 Å². The molecule has 0 unspecified atom stereocenters. The van der Waals surface area contributed by atoms with Gasteiger partial charge >= 0.3 is 0 Å². The van der Waals surface area contributed by atoms with Crippen LogP contribution in [0.4, 0.5) is 8.78 Å². The first-order valence-electron chi connectivity index (χ1n) is 22.5. The van der Waals surface area contributed by atoms with Crippen LogP contribution in [0.25, 0.3) is 23.5 Å². The van der Waals surface area contributed by atoms with E-state index in [9.17, 15) is 18.7 Å². The van der Waals surface area contributed by atoms with Gasteiger partial charge in [-0.05, 0) is 165 Å². The van der Waals surface area contributed by atoms with E-state index in [0.717, 1.165) is 80.4 Å². The van der Waals surface area contributed by atoms with Crippen LogP contribution in [0.5, 0.6) is 0 Å². The highest BCUT2D eigenvalue weighted by Gasteiger charge is 2.48. The highest BCUT2D eigenvalue weighted by molar-refractivity contribution is 6.74. The minimum Gasteiger partial charge on any atom is -0.416 e. The van der Waals surface area contributed by atoms with Crippen molar-refractivity contribution in [3.05, 3.63) is 106 Å². The van der Waals surface area contributed by atoms with Crippen LogP contribution in [-0.4, -0.2) is 67.4 Å². The maximum absolute atomic E-state index is 13.4. The summed E-state index contributed by atoms with van der Waals surface area (Å²) in [6.07, 6.45) is 16.8. The Hall–Kier alpha value is -3.82. The Bertz CT molecular complexity index is 2300. The minimum atomic E-state index is -1.92. The van der Waals surface area contributed by atoms with Gasteiger partial charge < -0.3 is 18.8 Å². The fraction of sp³-hybridized carbons (Fsp3) is 0.540. The molecule has 4 aliphatic rings. The molecule has 0 aliphatic heterocycles. The smallest absolute Gasteiger partial charge is 0.192 e. The van der Waals surface area contributed by atoms with E-state index in [1.165, 1.54) is 46.5 Å². The van der Waals surface area contributed by atoms with E-state index >= 15 is 0 Å². The number of carbonyl (C=O) groups is 1. The summed E-state index contributed by atoms with van der Waals surface area (Å²) in [5.41, 5.74) is 8.78. The first kappa shape index (κ1) is 46.2. The van der Waals surface area contributed by atoms with E-state index in [-0.39, 0.29) is 45.1 Å². The summed E-state index contributed by atoms with van der Waals surface area (Å²) in [4.78, 5) is 11.7. The number of hydrogen-bond donors (Lipinski definition) is 1. The average molecular weight is 883 g/mol. The lowest BCUT2D eigenvalue weighted by Crippen LogP contribution is -2.47. The van der Waals surface area contributed by atoms with Gasteiger partial charge in [-0.1, -0.05) is 52.7 Å². The molecule has 0 saturated heterocycles. The second kappa shape index (κ2) is 17.3. The Morgan fingerprint density at radius 1 is 0.710 bits per heavy atom. The molecule has 2 heterocycles. The van der Waals surface area contributed by atoms with Gasteiger partial charge in [0.1, 0.15) is 17.9 Å². The third-order valence-electron chi connectivity index (χ3n) is 15.4. The molecule has 2 saturated carbocycles. The van der Waals surface area contributed by atoms with Crippen molar-refractivity contribution in [2.45, 2.75) is 129 Å². The van der Waals surface area contributed by atoms with E-state index in [4.69, 9.17) is 8.85 Å². The quantitative estimate of drug-likeness (QED) is 0.126. The lowest BCUT2D eigenvalue weighted by Gasteiger charge is -2.47.